The van der Waals surface area contributed by atoms with Gasteiger partial charge in [-0.1, -0.05) is 18.2 Å². The summed E-state index contributed by atoms with van der Waals surface area (Å²) in [6, 6.07) is 16.1. The second kappa shape index (κ2) is 10.3. The van der Waals surface area contributed by atoms with Gasteiger partial charge in [-0.3, -0.25) is 0 Å². The van der Waals surface area contributed by atoms with Crippen LogP contribution in [0.5, 0.6) is 11.5 Å². The number of anilines is 2. The zero-order valence-electron chi connectivity index (χ0n) is 16.6. The van der Waals surface area contributed by atoms with Crippen LogP contribution in [0, 0.1) is 12.7 Å². The molecular formula is C22H25FN4O2. The van der Waals surface area contributed by atoms with Crippen LogP contribution in [0.15, 0.2) is 54.6 Å². The third-order valence-corrected chi connectivity index (χ3v) is 4.23. The summed E-state index contributed by atoms with van der Waals surface area (Å²) in [5.41, 5.74) is 1.51. The van der Waals surface area contributed by atoms with E-state index in [0.717, 1.165) is 17.2 Å². The molecule has 0 aliphatic heterocycles. The molecule has 0 amide bonds. The predicted molar refractivity (Wildman–Crippen MR) is 112 cm³/mol. The Hall–Kier alpha value is -3.35. The minimum Gasteiger partial charge on any atom is -0.497 e. The first-order valence-electron chi connectivity index (χ1n) is 9.48. The molecule has 3 aromatic rings. The van der Waals surface area contributed by atoms with Crippen LogP contribution in [0.1, 0.15) is 11.3 Å². The monoisotopic (exact) mass is 396 g/mol. The lowest BCUT2D eigenvalue weighted by molar-refractivity contribution is 0.331. The van der Waals surface area contributed by atoms with Crippen molar-refractivity contribution in [3.8, 4) is 11.5 Å². The number of hydrogen-bond donors (Lipinski definition) is 2. The van der Waals surface area contributed by atoms with Crippen LogP contribution in [0.25, 0.3) is 0 Å². The zero-order chi connectivity index (χ0) is 20.5. The number of aromatic nitrogens is 2. The lowest BCUT2D eigenvalue weighted by atomic mass is 10.1. The second-order valence-electron chi connectivity index (χ2n) is 6.44. The molecule has 2 N–H and O–H groups in total. The summed E-state index contributed by atoms with van der Waals surface area (Å²) < 4.78 is 24.5. The number of nitrogens with one attached hydrogen (secondary N) is 2. The lowest BCUT2D eigenvalue weighted by Gasteiger charge is -2.11. The molecule has 0 radical (unpaired) electrons. The number of halogens is 1. The van der Waals surface area contributed by atoms with Crippen molar-refractivity contribution in [2.24, 2.45) is 0 Å². The first-order valence-corrected chi connectivity index (χ1v) is 9.48. The van der Waals surface area contributed by atoms with E-state index in [1.165, 1.54) is 6.07 Å². The molecule has 3 rings (SSSR count). The quantitative estimate of drug-likeness (QED) is 0.504. The molecule has 1 aromatic heterocycles. The zero-order valence-corrected chi connectivity index (χ0v) is 16.6. The van der Waals surface area contributed by atoms with Crippen LogP contribution in [0.2, 0.25) is 0 Å². The molecule has 0 unspecified atom stereocenters. The first kappa shape index (κ1) is 20.4. The average Bonchev–Trinajstić information content (AvgIpc) is 2.73. The number of hydrogen-bond acceptors (Lipinski definition) is 6. The first-order chi connectivity index (χ1) is 14.1. The van der Waals surface area contributed by atoms with Crippen molar-refractivity contribution in [1.29, 1.82) is 0 Å². The third kappa shape index (κ3) is 6.34. The van der Waals surface area contributed by atoms with Crippen LogP contribution >= 0.6 is 0 Å². The summed E-state index contributed by atoms with van der Waals surface area (Å²) in [7, 11) is 1.63. The number of nitrogens with zero attached hydrogens (tertiary/aromatic N) is 2. The maximum absolute atomic E-state index is 13.7. The van der Waals surface area contributed by atoms with Gasteiger partial charge in [0.05, 0.1) is 13.7 Å². The molecule has 1 heterocycles. The SMILES string of the molecule is COc1ccc(OCCNc2cc(C)nc(NCCc3ccccc3F)n2)cc1. The van der Waals surface area contributed by atoms with Gasteiger partial charge in [-0.2, -0.15) is 4.98 Å². The van der Waals surface area contributed by atoms with Crippen LogP contribution in [-0.2, 0) is 6.42 Å². The molecule has 0 fully saturated rings. The minimum absolute atomic E-state index is 0.196. The highest BCUT2D eigenvalue weighted by Gasteiger charge is 2.04. The van der Waals surface area contributed by atoms with Crippen molar-refractivity contribution in [1.82, 2.24) is 9.97 Å². The van der Waals surface area contributed by atoms with E-state index < -0.39 is 0 Å². The van der Waals surface area contributed by atoms with E-state index in [1.807, 2.05) is 43.3 Å². The number of ether oxygens (including phenoxy) is 2. The Balaban J connectivity index is 1.46. The number of methoxy groups -OCH3 is 1. The van der Waals surface area contributed by atoms with Gasteiger partial charge in [-0.25, -0.2) is 9.37 Å². The fourth-order valence-electron chi connectivity index (χ4n) is 2.77. The summed E-state index contributed by atoms with van der Waals surface area (Å²) in [5.74, 6) is 2.60. The second-order valence-corrected chi connectivity index (χ2v) is 6.44. The standard InChI is InChI=1S/C22H25FN4O2/c1-16-15-21(24-13-14-29-19-9-7-18(28-2)8-10-19)27-22(26-16)25-12-11-17-5-3-4-6-20(17)23/h3-10,15H,11-14H2,1-2H3,(H2,24,25,26,27). The molecule has 0 aliphatic carbocycles. The molecular weight excluding hydrogens is 371 g/mol. The Bertz CT molecular complexity index is 919. The van der Waals surface area contributed by atoms with E-state index in [4.69, 9.17) is 9.47 Å². The highest BCUT2D eigenvalue weighted by molar-refractivity contribution is 5.42. The van der Waals surface area contributed by atoms with Gasteiger partial charge in [-0.05, 0) is 49.2 Å². The molecule has 0 saturated carbocycles. The molecule has 29 heavy (non-hydrogen) atoms. The van der Waals surface area contributed by atoms with Crippen molar-refractivity contribution in [2.45, 2.75) is 13.3 Å². The van der Waals surface area contributed by atoms with Gasteiger partial charge in [0, 0.05) is 18.3 Å². The molecule has 0 spiro atoms. The van der Waals surface area contributed by atoms with Gasteiger partial charge in [0.2, 0.25) is 5.95 Å². The molecule has 0 bridgehead atoms. The molecule has 0 saturated heterocycles. The van der Waals surface area contributed by atoms with E-state index in [0.29, 0.717) is 43.4 Å². The fraction of sp³-hybridized carbons (Fsp3) is 0.273. The van der Waals surface area contributed by atoms with Gasteiger partial charge >= 0.3 is 0 Å². The van der Waals surface area contributed by atoms with Crippen molar-refractivity contribution < 1.29 is 13.9 Å². The van der Waals surface area contributed by atoms with Crippen LogP contribution < -0.4 is 20.1 Å². The third-order valence-electron chi connectivity index (χ3n) is 4.23. The van der Waals surface area contributed by atoms with Crippen molar-refractivity contribution >= 4 is 11.8 Å². The van der Waals surface area contributed by atoms with Gasteiger partial charge in [0.15, 0.2) is 0 Å². The number of rotatable bonds is 10. The fourth-order valence-corrected chi connectivity index (χ4v) is 2.77. The van der Waals surface area contributed by atoms with Crippen LogP contribution in [0.3, 0.4) is 0 Å². The molecule has 7 heteroatoms. The molecule has 2 aromatic carbocycles. The molecule has 0 atom stereocenters. The van der Waals surface area contributed by atoms with Gasteiger partial charge in [-0.15, -0.1) is 0 Å². The summed E-state index contributed by atoms with van der Waals surface area (Å²) in [5, 5.41) is 6.39. The van der Waals surface area contributed by atoms with Crippen molar-refractivity contribution in [2.75, 3.05) is 37.4 Å². The maximum atomic E-state index is 13.7. The highest BCUT2D eigenvalue weighted by Crippen LogP contribution is 2.17. The minimum atomic E-state index is -0.196. The Kier molecular flexibility index (Phi) is 7.22. The summed E-state index contributed by atoms with van der Waals surface area (Å²) in [6.07, 6.45) is 0.558. The lowest BCUT2D eigenvalue weighted by Crippen LogP contribution is -2.14. The largest absolute Gasteiger partial charge is 0.497 e. The molecule has 152 valence electrons. The summed E-state index contributed by atoms with van der Waals surface area (Å²) in [4.78, 5) is 8.84. The van der Waals surface area contributed by atoms with E-state index in [1.54, 1.807) is 19.2 Å². The topological polar surface area (TPSA) is 68.3 Å². The Morgan fingerprint density at radius 3 is 2.45 bits per heavy atom. The summed E-state index contributed by atoms with van der Waals surface area (Å²) in [6.45, 7) is 3.54. The van der Waals surface area contributed by atoms with E-state index in [2.05, 4.69) is 20.6 Å². The normalized spacial score (nSPS) is 10.4. The Morgan fingerprint density at radius 1 is 0.931 bits per heavy atom. The predicted octanol–water partition coefficient (Wildman–Crippen LogP) is 4.08. The van der Waals surface area contributed by atoms with Crippen LogP contribution in [-0.4, -0.2) is 36.8 Å². The molecule has 0 aliphatic rings. The van der Waals surface area contributed by atoms with E-state index in [9.17, 15) is 4.39 Å². The van der Waals surface area contributed by atoms with Gasteiger partial charge in [0.25, 0.3) is 0 Å². The maximum Gasteiger partial charge on any atom is 0.224 e. The van der Waals surface area contributed by atoms with Crippen molar-refractivity contribution in [3.05, 3.63) is 71.7 Å². The summed E-state index contributed by atoms with van der Waals surface area (Å²) >= 11 is 0. The Labute approximate surface area is 170 Å². The van der Waals surface area contributed by atoms with E-state index >= 15 is 0 Å². The Morgan fingerprint density at radius 2 is 1.69 bits per heavy atom. The average molecular weight is 396 g/mol. The smallest absolute Gasteiger partial charge is 0.224 e. The van der Waals surface area contributed by atoms with Crippen LogP contribution in [0.4, 0.5) is 16.2 Å². The van der Waals surface area contributed by atoms with Gasteiger partial charge < -0.3 is 20.1 Å². The van der Waals surface area contributed by atoms with E-state index in [-0.39, 0.29) is 5.82 Å². The van der Waals surface area contributed by atoms with Crippen molar-refractivity contribution in [3.63, 3.8) is 0 Å². The van der Waals surface area contributed by atoms with Gasteiger partial charge in [0.1, 0.15) is 29.7 Å². The molecule has 6 nitrogen and oxygen atoms in total. The highest BCUT2D eigenvalue weighted by atomic mass is 19.1. The number of benzene rings is 2. The number of aryl methyl sites for hydroxylation is 1.